The number of hydrogen-bond donors (Lipinski definition) is 1. The minimum Gasteiger partial charge on any atom is -0.310 e. The Hall–Kier alpha value is -1.19. The molecule has 3 heteroatoms. The van der Waals surface area contributed by atoms with Gasteiger partial charge in [0, 0.05) is 17.8 Å². The molecule has 19 heavy (non-hydrogen) atoms. The van der Waals surface area contributed by atoms with Gasteiger partial charge >= 0.3 is 0 Å². The zero-order chi connectivity index (χ0) is 13.5. The maximum absolute atomic E-state index is 4.68. The largest absolute Gasteiger partial charge is 0.310 e. The molecule has 1 unspecified atom stereocenters. The number of nitrogens with zero attached hydrogens (tertiary/aromatic N) is 1. The maximum Gasteiger partial charge on any atom is 0.0925 e. The van der Waals surface area contributed by atoms with Gasteiger partial charge in [-0.3, -0.25) is 0 Å². The molecule has 0 amide bonds. The predicted octanol–water partition coefficient (Wildman–Crippen LogP) is 3.99. The van der Waals surface area contributed by atoms with Crippen LogP contribution in [-0.4, -0.2) is 11.5 Å². The van der Waals surface area contributed by atoms with E-state index in [9.17, 15) is 0 Å². The fourth-order valence-corrected chi connectivity index (χ4v) is 2.88. The third-order valence-electron chi connectivity index (χ3n) is 3.16. The van der Waals surface area contributed by atoms with E-state index >= 15 is 0 Å². The molecule has 1 aromatic heterocycles. The normalized spacial score (nSPS) is 12.5. The minimum atomic E-state index is 0.368. The van der Waals surface area contributed by atoms with E-state index in [0.29, 0.717) is 6.04 Å². The highest BCUT2D eigenvalue weighted by Crippen LogP contribution is 2.20. The summed E-state index contributed by atoms with van der Waals surface area (Å²) in [6, 6.07) is 11.0. The Morgan fingerprint density at radius 1 is 1.21 bits per heavy atom. The molecule has 0 saturated heterocycles. The average molecular weight is 274 g/mol. The molecule has 1 N–H and O–H groups in total. The van der Waals surface area contributed by atoms with Gasteiger partial charge in [-0.25, -0.2) is 4.98 Å². The zero-order valence-corrected chi connectivity index (χ0v) is 12.5. The summed E-state index contributed by atoms with van der Waals surface area (Å²) in [4.78, 5) is 4.68. The van der Waals surface area contributed by atoms with Crippen LogP contribution in [0.4, 0.5) is 0 Å². The van der Waals surface area contributed by atoms with Crippen molar-refractivity contribution in [3.05, 3.63) is 52.0 Å². The number of thiazole rings is 1. The van der Waals surface area contributed by atoms with E-state index in [1.807, 2.05) is 0 Å². The Morgan fingerprint density at radius 3 is 2.63 bits per heavy atom. The second-order valence-corrected chi connectivity index (χ2v) is 5.65. The summed E-state index contributed by atoms with van der Waals surface area (Å²) in [5.41, 5.74) is 2.56. The van der Waals surface area contributed by atoms with Crippen LogP contribution in [0.15, 0.2) is 35.7 Å². The first-order chi connectivity index (χ1) is 9.33. The first kappa shape index (κ1) is 14.2. The van der Waals surface area contributed by atoms with Gasteiger partial charge in [0.15, 0.2) is 0 Å². The average Bonchev–Trinajstić information content (AvgIpc) is 2.92. The lowest BCUT2D eigenvalue weighted by atomic mass is 10.0. The summed E-state index contributed by atoms with van der Waals surface area (Å²) < 4.78 is 0. The second kappa shape index (κ2) is 7.41. The number of hydrogen-bond acceptors (Lipinski definition) is 3. The van der Waals surface area contributed by atoms with Crippen LogP contribution in [0.5, 0.6) is 0 Å². The van der Waals surface area contributed by atoms with Crippen LogP contribution in [0.2, 0.25) is 0 Å². The third kappa shape index (κ3) is 4.15. The second-order valence-electron chi connectivity index (χ2n) is 4.71. The summed E-state index contributed by atoms with van der Waals surface area (Å²) in [5.74, 6) is 0. The summed E-state index contributed by atoms with van der Waals surface area (Å²) in [6.07, 6.45) is 3.16. The van der Waals surface area contributed by atoms with E-state index in [4.69, 9.17) is 0 Å². The summed E-state index contributed by atoms with van der Waals surface area (Å²) in [6.45, 7) is 5.41. The summed E-state index contributed by atoms with van der Waals surface area (Å²) in [7, 11) is 0. The standard InChI is InChI=1S/C16H22N2S/c1-3-10-17-15(13-8-6-5-7-9-13)11-14-12-19-16(4-2)18-14/h5-9,12,15,17H,3-4,10-11H2,1-2H3. The molecule has 1 heterocycles. The van der Waals surface area contributed by atoms with Gasteiger partial charge in [0.25, 0.3) is 0 Å². The monoisotopic (exact) mass is 274 g/mol. The predicted molar refractivity (Wildman–Crippen MR) is 82.7 cm³/mol. The first-order valence-corrected chi connectivity index (χ1v) is 7.93. The van der Waals surface area contributed by atoms with Crippen molar-refractivity contribution in [2.24, 2.45) is 0 Å². The van der Waals surface area contributed by atoms with Crippen molar-refractivity contribution in [1.29, 1.82) is 0 Å². The molecule has 0 spiro atoms. The van der Waals surface area contributed by atoms with Crippen LogP contribution in [0.25, 0.3) is 0 Å². The van der Waals surface area contributed by atoms with Gasteiger partial charge in [-0.15, -0.1) is 11.3 Å². The SMILES string of the molecule is CCCNC(Cc1csc(CC)n1)c1ccccc1. The van der Waals surface area contributed by atoms with E-state index < -0.39 is 0 Å². The maximum atomic E-state index is 4.68. The van der Waals surface area contributed by atoms with Crippen molar-refractivity contribution in [3.63, 3.8) is 0 Å². The van der Waals surface area contributed by atoms with Crippen LogP contribution in [0, 0.1) is 0 Å². The quantitative estimate of drug-likeness (QED) is 0.826. The Balaban J connectivity index is 2.09. The van der Waals surface area contributed by atoms with Crippen LogP contribution in [0.3, 0.4) is 0 Å². The number of aromatic nitrogens is 1. The Morgan fingerprint density at radius 2 is 2.00 bits per heavy atom. The van der Waals surface area contributed by atoms with Crippen LogP contribution in [-0.2, 0) is 12.8 Å². The van der Waals surface area contributed by atoms with Crippen LogP contribution in [0.1, 0.15) is 42.6 Å². The Bertz CT molecular complexity index is 479. The molecular weight excluding hydrogens is 252 g/mol. The number of benzene rings is 1. The molecule has 0 fully saturated rings. The van der Waals surface area contributed by atoms with Gasteiger partial charge in [0.05, 0.1) is 10.7 Å². The fraction of sp³-hybridized carbons (Fsp3) is 0.438. The van der Waals surface area contributed by atoms with Crippen molar-refractivity contribution < 1.29 is 0 Å². The summed E-state index contributed by atoms with van der Waals surface area (Å²) >= 11 is 1.77. The van der Waals surface area contributed by atoms with Crippen LogP contribution < -0.4 is 5.32 Å². The van der Waals surface area contributed by atoms with Gasteiger partial charge in [-0.1, -0.05) is 44.2 Å². The lowest BCUT2D eigenvalue weighted by Crippen LogP contribution is -2.24. The van der Waals surface area contributed by atoms with E-state index in [0.717, 1.165) is 25.8 Å². The molecule has 2 aromatic rings. The van der Waals surface area contributed by atoms with E-state index in [-0.39, 0.29) is 0 Å². The van der Waals surface area contributed by atoms with E-state index in [1.54, 1.807) is 11.3 Å². The van der Waals surface area contributed by atoms with Gasteiger partial charge < -0.3 is 5.32 Å². The Labute approximate surface area is 119 Å². The third-order valence-corrected chi connectivity index (χ3v) is 4.20. The van der Waals surface area contributed by atoms with E-state index in [2.05, 4.69) is 59.9 Å². The number of aryl methyl sites for hydroxylation is 1. The lowest BCUT2D eigenvalue weighted by Gasteiger charge is -2.18. The minimum absolute atomic E-state index is 0.368. The first-order valence-electron chi connectivity index (χ1n) is 7.05. The number of rotatable bonds is 7. The van der Waals surface area contributed by atoms with Crippen LogP contribution >= 0.6 is 11.3 Å². The van der Waals surface area contributed by atoms with Gasteiger partial charge in [0.1, 0.15) is 0 Å². The van der Waals surface area contributed by atoms with Crippen molar-refractivity contribution >= 4 is 11.3 Å². The highest BCUT2D eigenvalue weighted by Gasteiger charge is 2.13. The molecule has 0 aliphatic carbocycles. The smallest absolute Gasteiger partial charge is 0.0925 e. The molecular formula is C16H22N2S. The van der Waals surface area contributed by atoms with Gasteiger partial charge in [-0.2, -0.15) is 0 Å². The van der Waals surface area contributed by atoms with Gasteiger partial charge in [-0.05, 0) is 24.9 Å². The van der Waals surface area contributed by atoms with Crippen molar-refractivity contribution in [2.75, 3.05) is 6.54 Å². The molecule has 102 valence electrons. The molecule has 0 aliphatic heterocycles. The van der Waals surface area contributed by atoms with Crippen molar-refractivity contribution in [1.82, 2.24) is 10.3 Å². The molecule has 1 atom stereocenters. The fourth-order valence-electron chi connectivity index (χ4n) is 2.13. The molecule has 0 bridgehead atoms. The molecule has 2 rings (SSSR count). The lowest BCUT2D eigenvalue weighted by molar-refractivity contribution is 0.525. The highest BCUT2D eigenvalue weighted by molar-refractivity contribution is 7.09. The number of nitrogens with one attached hydrogen (secondary N) is 1. The molecule has 0 saturated carbocycles. The topological polar surface area (TPSA) is 24.9 Å². The Kier molecular flexibility index (Phi) is 5.55. The van der Waals surface area contributed by atoms with Crippen molar-refractivity contribution in [2.45, 2.75) is 39.2 Å². The molecule has 2 nitrogen and oxygen atoms in total. The molecule has 1 aromatic carbocycles. The zero-order valence-electron chi connectivity index (χ0n) is 11.7. The van der Waals surface area contributed by atoms with Crippen molar-refractivity contribution in [3.8, 4) is 0 Å². The highest BCUT2D eigenvalue weighted by atomic mass is 32.1. The molecule has 0 aliphatic rings. The van der Waals surface area contributed by atoms with Gasteiger partial charge in [0.2, 0.25) is 0 Å². The van der Waals surface area contributed by atoms with E-state index in [1.165, 1.54) is 16.3 Å². The summed E-state index contributed by atoms with van der Waals surface area (Å²) in [5, 5.41) is 7.06. The molecule has 0 radical (unpaired) electrons.